The van der Waals surface area contributed by atoms with Gasteiger partial charge in [0.25, 0.3) is 11.8 Å². The third-order valence-electron chi connectivity index (χ3n) is 10.3. The Bertz CT molecular complexity index is 2300. The van der Waals surface area contributed by atoms with Gasteiger partial charge in [0.15, 0.2) is 0 Å². The second-order valence-electron chi connectivity index (χ2n) is 13.9. The molecule has 5 heterocycles. The van der Waals surface area contributed by atoms with E-state index in [9.17, 15) is 19.2 Å². The molecule has 0 spiro atoms. The van der Waals surface area contributed by atoms with Gasteiger partial charge in [-0.25, -0.2) is 14.4 Å². The van der Waals surface area contributed by atoms with Crippen molar-refractivity contribution < 1.29 is 23.6 Å². The number of piperazine rings is 1. The number of rotatable bonds is 9. The minimum atomic E-state index is -0.741. The quantitative estimate of drug-likeness (QED) is 0.175. The fraction of sp³-hybridized carbons (Fsp3) is 0.244. The number of carbonyl (C=O) groups is 4. The summed E-state index contributed by atoms with van der Waals surface area (Å²) in [5.41, 5.74) is 6.94. The highest BCUT2D eigenvalue weighted by Gasteiger charge is 2.39. The SMILES string of the molecule is Cc1ccc(NC(=O)c2ccc(N3CCN(Cc4cc5c(cc4F)C(=O)N(C4CCC(=O)NC4=O)C5)CC3)cc2)cc1Nc1nccc(-c2cccnc2)n1. The highest BCUT2D eigenvalue weighted by Crippen LogP contribution is 2.31. The van der Waals surface area contributed by atoms with E-state index in [1.165, 1.54) is 11.0 Å². The molecule has 2 fully saturated rings. The van der Waals surface area contributed by atoms with Crippen LogP contribution in [0, 0.1) is 12.7 Å². The average molecular weight is 740 g/mol. The molecule has 3 aliphatic rings. The first-order chi connectivity index (χ1) is 26.7. The second kappa shape index (κ2) is 15.1. The summed E-state index contributed by atoms with van der Waals surface area (Å²) in [4.78, 5) is 69.3. The number of fused-ring (bicyclic) bond motifs is 1. The number of aryl methyl sites for hydroxylation is 1. The fourth-order valence-corrected chi connectivity index (χ4v) is 7.24. The first kappa shape index (κ1) is 35.5. The summed E-state index contributed by atoms with van der Waals surface area (Å²) >= 11 is 0. The first-order valence-electron chi connectivity index (χ1n) is 18.1. The van der Waals surface area contributed by atoms with E-state index < -0.39 is 17.8 Å². The summed E-state index contributed by atoms with van der Waals surface area (Å²) < 4.78 is 15.3. The van der Waals surface area contributed by atoms with E-state index in [1.807, 2.05) is 67.6 Å². The molecule has 2 saturated heterocycles. The number of anilines is 4. The molecule has 2 aromatic heterocycles. The maximum absolute atomic E-state index is 15.3. The molecule has 5 aromatic rings. The summed E-state index contributed by atoms with van der Waals surface area (Å²) in [5, 5.41) is 8.56. The Hall–Kier alpha value is -6.54. The van der Waals surface area contributed by atoms with Gasteiger partial charge in [-0.3, -0.25) is 34.4 Å². The molecule has 8 rings (SSSR count). The summed E-state index contributed by atoms with van der Waals surface area (Å²) in [5.74, 6) is -1.49. The van der Waals surface area contributed by atoms with Crippen LogP contribution in [-0.2, 0) is 22.7 Å². The van der Waals surface area contributed by atoms with Crippen LogP contribution in [0.4, 0.5) is 27.4 Å². The van der Waals surface area contributed by atoms with Crippen LogP contribution in [0.5, 0.6) is 0 Å². The van der Waals surface area contributed by atoms with Gasteiger partial charge in [0.1, 0.15) is 11.9 Å². The predicted octanol–water partition coefficient (Wildman–Crippen LogP) is 5.07. The van der Waals surface area contributed by atoms with E-state index in [0.29, 0.717) is 61.0 Å². The molecule has 0 aliphatic carbocycles. The van der Waals surface area contributed by atoms with Gasteiger partial charge in [0.05, 0.1) is 5.69 Å². The summed E-state index contributed by atoms with van der Waals surface area (Å²) in [6.45, 7) is 5.38. The molecular formula is C41H38FN9O4. The Morgan fingerprint density at radius 1 is 0.964 bits per heavy atom. The zero-order chi connectivity index (χ0) is 38.1. The largest absolute Gasteiger partial charge is 0.369 e. The van der Waals surface area contributed by atoms with E-state index in [2.05, 4.69) is 40.7 Å². The number of hydrogen-bond acceptors (Lipinski definition) is 10. The van der Waals surface area contributed by atoms with E-state index in [0.717, 1.165) is 28.2 Å². The molecular weight excluding hydrogens is 702 g/mol. The summed E-state index contributed by atoms with van der Waals surface area (Å²) in [6, 6.07) is 21.0. The summed E-state index contributed by atoms with van der Waals surface area (Å²) in [6.07, 6.45) is 5.57. The molecule has 3 aliphatic heterocycles. The molecule has 3 aromatic carbocycles. The maximum atomic E-state index is 15.3. The Morgan fingerprint density at radius 3 is 2.55 bits per heavy atom. The van der Waals surface area contributed by atoms with E-state index in [-0.39, 0.29) is 42.7 Å². The number of pyridine rings is 1. The molecule has 55 heavy (non-hydrogen) atoms. The summed E-state index contributed by atoms with van der Waals surface area (Å²) in [7, 11) is 0. The van der Waals surface area contributed by atoms with Crippen LogP contribution in [-0.4, -0.2) is 80.6 Å². The van der Waals surface area contributed by atoms with Crippen LogP contribution in [0.3, 0.4) is 0 Å². The molecule has 278 valence electrons. The fourth-order valence-electron chi connectivity index (χ4n) is 7.24. The minimum Gasteiger partial charge on any atom is -0.369 e. The highest BCUT2D eigenvalue weighted by molar-refractivity contribution is 6.06. The van der Waals surface area contributed by atoms with Gasteiger partial charge in [-0.1, -0.05) is 6.07 Å². The van der Waals surface area contributed by atoms with Crippen LogP contribution in [0.1, 0.15) is 50.2 Å². The van der Waals surface area contributed by atoms with Crippen molar-refractivity contribution in [2.24, 2.45) is 0 Å². The van der Waals surface area contributed by atoms with Crippen molar-refractivity contribution in [3.63, 3.8) is 0 Å². The van der Waals surface area contributed by atoms with Gasteiger partial charge in [-0.2, -0.15) is 0 Å². The predicted molar refractivity (Wildman–Crippen MR) is 204 cm³/mol. The number of amides is 4. The highest BCUT2D eigenvalue weighted by atomic mass is 19.1. The van der Waals surface area contributed by atoms with Gasteiger partial charge < -0.3 is 20.4 Å². The van der Waals surface area contributed by atoms with Gasteiger partial charge >= 0.3 is 0 Å². The van der Waals surface area contributed by atoms with Crippen LogP contribution < -0.4 is 20.9 Å². The van der Waals surface area contributed by atoms with Crippen LogP contribution in [0.15, 0.2) is 91.4 Å². The number of hydrogen-bond donors (Lipinski definition) is 3. The van der Waals surface area contributed by atoms with Crippen LogP contribution >= 0.6 is 0 Å². The van der Waals surface area contributed by atoms with E-state index >= 15 is 4.39 Å². The molecule has 14 heteroatoms. The number of imide groups is 1. The van der Waals surface area contributed by atoms with Crippen molar-refractivity contribution in [1.82, 2.24) is 30.1 Å². The van der Waals surface area contributed by atoms with Crippen molar-refractivity contribution in [3.05, 3.63) is 125 Å². The van der Waals surface area contributed by atoms with E-state index in [4.69, 9.17) is 0 Å². The first-order valence-corrected chi connectivity index (χ1v) is 18.1. The number of carbonyl (C=O) groups excluding carboxylic acids is 4. The number of benzene rings is 3. The van der Waals surface area contributed by atoms with Crippen molar-refractivity contribution >= 4 is 46.6 Å². The molecule has 1 atom stereocenters. The normalized spacial score (nSPS) is 17.2. The third kappa shape index (κ3) is 7.62. The molecule has 3 N–H and O–H groups in total. The van der Waals surface area contributed by atoms with Crippen LogP contribution in [0.2, 0.25) is 0 Å². The minimum absolute atomic E-state index is 0.164. The van der Waals surface area contributed by atoms with E-state index in [1.54, 1.807) is 24.7 Å². The monoisotopic (exact) mass is 739 g/mol. The lowest BCUT2D eigenvalue weighted by molar-refractivity contribution is -0.136. The molecule has 4 amide bonds. The number of piperidine rings is 1. The zero-order valence-electron chi connectivity index (χ0n) is 30.1. The Kier molecular flexibility index (Phi) is 9.72. The van der Waals surface area contributed by atoms with Gasteiger partial charge in [0.2, 0.25) is 17.8 Å². The van der Waals surface area contributed by atoms with Gasteiger partial charge in [-0.05, 0) is 91.2 Å². The lowest BCUT2D eigenvalue weighted by Gasteiger charge is -2.36. The van der Waals surface area contributed by atoms with Crippen molar-refractivity contribution in [1.29, 1.82) is 0 Å². The Labute approximate surface area is 316 Å². The lowest BCUT2D eigenvalue weighted by Crippen LogP contribution is -2.52. The Balaban J connectivity index is 0.850. The topological polar surface area (TPSA) is 153 Å². The molecule has 0 saturated carbocycles. The third-order valence-corrected chi connectivity index (χ3v) is 10.3. The molecule has 0 bridgehead atoms. The number of halogens is 1. The zero-order valence-corrected chi connectivity index (χ0v) is 30.1. The smallest absolute Gasteiger partial charge is 0.255 e. The standard InChI is InChI=1S/C41H38FN9O4/c1-25-4-7-30(20-35(25)47-41-44-14-12-34(46-41)27-3-2-13-43-22-27)45-38(53)26-5-8-31(9-6-26)50-17-15-49(16-18-50)23-29-19-28-24-51(40(55)32(28)21-33(29)42)36-10-11-37(52)48-39(36)54/h2-9,12-14,19-22,36H,10-11,15-18,23-24H2,1H3,(H,45,53)(H,44,46,47)(H,48,52,54). The molecule has 1 unspecified atom stereocenters. The maximum Gasteiger partial charge on any atom is 0.255 e. The average Bonchev–Trinajstić information content (AvgIpc) is 3.51. The lowest BCUT2D eigenvalue weighted by atomic mass is 10.0. The second-order valence-corrected chi connectivity index (χ2v) is 13.9. The van der Waals surface area contributed by atoms with Crippen molar-refractivity contribution in [3.8, 4) is 11.3 Å². The number of nitrogens with one attached hydrogen (secondary N) is 3. The number of aromatic nitrogens is 3. The van der Waals surface area contributed by atoms with Crippen LogP contribution in [0.25, 0.3) is 11.3 Å². The molecule has 0 radical (unpaired) electrons. The van der Waals surface area contributed by atoms with Crippen molar-refractivity contribution in [2.75, 3.05) is 41.7 Å². The Morgan fingerprint density at radius 2 is 1.78 bits per heavy atom. The molecule has 13 nitrogen and oxygen atoms in total. The van der Waals surface area contributed by atoms with Crippen molar-refractivity contribution in [2.45, 2.75) is 38.9 Å². The number of nitrogens with zero attached hydrogens (tertiary/aromatic N) is 6. The van der Waals surface area contributed by atoms with Gasteiger partial charge in [-0.15, -0.1) is 0 Å². The van der Waals surface area contributed by atoms with Gasteiger partial charge in [0, 0.05) is 104 Å².